The lowest BCUT2D eigenvalue weighted by Gasteiger charge is -2.28. The van der Waals surface area contributed by atoms with Crippen LogP contribution in [0.15, 0.2) is 79.0 Å². The van der Waals surface area contributed by atoms with E-state index < -0.39 is 12.3 Å². The molecule has 2 heterocycles. The topological polar surface area (TPSA) is 50.5 Å². The Labute approximate surface area is 186 Å². The molecule has 3 aromatic carbocycles. The van der Waals surface area contributed by atoms with Crippen molar-refractivity contribution in [1.82, 2.24) is 14.7 Å². The zero-order valence-electron chi connectivity index (χ0n) is 17.8. The zero-order valence-corrected chi connectivity index (χ0v) is 17.8. The van der Waals surface area contributed by atoms with E-state index in [0.717, 1.165) is 55.0 Å². The van der Waals surface area contributed by atoms with Crippen molar-refractivity contribution in [3.05, 3.63) is 95.7 Å². The maximum absolute atomic E-state index is 14.3. The minimum Gasteiger partial charge on any atom is -0.379 e. The highest BCUT2D eigenvalue weighted by Crippen LogP contribution is 2.33. The molecule has 5 nitrogen and oxygen atoms in total. The molecule has 4 aromatic rings. The minimum atomic E-state index is -1.71. The number of hydrogen-bond donors (Lipinski definition) is 1. The second-order valence-electron chi connectivity index (χ2n) is 8.24. The number of hydrogen-bond acceptors (Lipinski definition) is 4. The van der Waals surface area contributed by atoms with Crippen LogP contribution in [0.5, 0.6) is 0 Å². The Kier molecular flexibility index (Phi) is 5.74. The molecule has 6 heteroatoms. The molecule has 164 valence electrons. The van der Waals surface area contributed by atoms with Crippen LogP contribution in [-0.2, 0) is 16.9 Å². The third-order valence-corrected chi connectivity index (χ3v) is 6.18. The van der Waals surface area contributed by atoms with Crippen molar-refractivity contribution in [2.75, 3.05) is 33.0 Å². The Bertz CT molecular complexity index is 1190. The molecule has 32 heavy (non-hydrogen) atoms. The maximum atomic E-state index is 14.3. The van der Waals surface area contributed by atoms with E-state index in [9.17, 15) is 9.50 Å². The van der Waals surface area contributed by atoms with Gasteiger partial charge in [-0.3, -0.25) is 4.90 Å². The molecule has 1 N–H and O–H groups in total. The fourth-order valence-corrected chi connectivity index (χ4v) is 4.29. The first kappa shape index (κ1) is 20.8. The number of benzene rings is 3. The van der Waals surface area contributed by atoms with E-state index in [1.807, 2.05) is 71.4 Å². The first-order valence-electron chi connectivity index (χ1n) is 10.9. The smallest absolute Gasteiger partial charge is 0.143 e. The number of aromatic nitrogens is 2. The molecule has 5 rings (SSSR count). The molecular formula is C26H26FN3O2. The summed E-state index contributed by atoms with van der Waals surface area (Å²) < 4.78 is 21.5. The van der Waals surface area contributed by atoms with Crippen molar-refractivity contribution < 1.29 is 14.2 Å². The second kappa shape index (κ2) is 8.82. The van der Waals surface area contributed by atoms with Gasteiger partial charge in [-0.25, -0.2) is 9.07 Å². The summed E-state index contributed by atoms with van der Waals surface area (Å²) >= 11 is 0. The molecule has 0 aliphatic carbocycles. The van der Waals surface area contributed by atoms with Gasteiger partial charge in [0.1, 0.15) is 12.3 Å². The van der Waals surface area contributed by atoms with E-state index in [-0.39, 0.29) is 0 Å². The Hall–Kier alpha value is -3.06. The van der Waals surface area contributed by atoms with Gasteiger partial charge in [-0.15, -0.1) is 0 Å². The highest BCUT2D eigenvalue weighted by molar-refractivity contribution is 5.81. The lowest BCUT2D eigenvalue weighted by atomic mass is 9.86. The maximum Gasteiger partial charge on any atom is 0.143 e. The molecule has 1 unspecified atom stereocenters. The molecule has 0 amide bonds. The van der Waals surface area contributed by atoms with Crippen LogP contribution in [0.1, 0.15) is 16.7 Å². The summed E-state index contributed by atoms with van der Waals surface area (Å²) in [6.45, 7) is 3.24. The monoisotopic (exact) mass is 431 g/mol. The first-order chi connectivity index (χ1) is 15.7. The Morgan fingerprint density at radius 1 is 0.938 bits per heavy atom. The fraction of sp³-hybridized carbons (Fsp3) is 0.269. The molecule has 1 saturated heterocycles. The molecule has 0 bridgehead atoms. The van der Waals surface area contributed by atoms with Gasteiger partial charge in [0, 0.05) is 25.0 Å². The van der Waals surface area contributed by atoms with Gasteiger partial charge in [-0.05, 0) is 41.0 Å². The first-order valence-corrected chi connectivity index (χ1v) is 10.9. The molecule has 0 spiro atoms. The SMILES string of the molecule is OC(CF)(c1ccc(CN2CCOCC2)cc1)c1ccc2c(cnn2-c2ccccc2)c1. The van der Waals surface area contributed by atoms with Gasteiger partial charge in [0.05, 0.1) is 30.6 Å². The summed E-state index contributed by atoms with van der Waals surface area (Å²) in [4.78, 5) is 2.33. The van der Waals surface area contributed by atoms with Crippen LogP contribution in [0, 0.1) is 0 Å². The summed E-state index contributed by atoms with van der Waals surface area (Å²) in [5, 5.41) is 16.7. The molecule has 0 saturated carbocycles. The summed E-state index contributed by atoms with van der Waals surface area (Å²) in [5.74, 6) is 0. The zero-order chi connectivity index (χ0) is 22.0. The van der Waals surface area contributed by atoms with Gasteiger partial charge in [-0.2, -0.15) is 5.10 Å². The van der Waals surface area contributed by atoms with Crippen LogP contribution in [-0.4, -0.2) is 52.8 Å². The third-order valence-electron chi connectivity index (χ3n) is 6.18. The minimum absolute atomic E-state index is 0.515. The lowest BCUT2D eigenvalue weighted by Crippen LogP contribution is -2.35. The highest BCUT2D eigenvalue weighted by atomic mass is 19.1. The molecule has 1 aliphatic rings. The van der Waals surface area contributed by atoms with Crippen molar-refractivity contribution >= 4 is 10.9 Å². The average molecular weight is 432 g/mol. The van der Waals surface area contributed by atoms with Crippen LogP contribution in [0.2, 0.25) is 0 Å². The van der Waals surface area contributed by atoms with Crippen molar-refractivity contribution in [1.29, 1.82) is 0 Å². The van der Waals surface area contributed by atoms with Crippen molar-refractivity contribution in [2.24, 2.45) is 0 Å². The Morgan fingerprint density at radius 2 is 1.66 bits per heavy atom. The summed E-state index contributed by atoms with van der Waals surface area (Å²) in [5.41, 5.74) is 2.34. The lowest BCUT2D eigenvalue weighted by molar-refractivity contribution is 0.0341. The van der Waals surface area contributed by atoms with Gasteiger partial charge in [0.2, 0.25) is 0 Å². The van der Waals surface area contributed by atoms with Crippen LogP contribution in [0.25, 0.3) is 16.6 Å². The van der Waals surface area contributed by atoms with Crippen LogP contribution in [0.3, 0.4) is 0 Å². The second-order valence-corrected chi connectivity index (χ2v) is 8.24. The Morgan fingerprint density at radius 3 is 2.38 bits per heavy atom. The van der Waals surface area contributed by atoms with Gasteiger partial charge in [0.25, 0.3) is 0 Å². The highest BCUT2D eigenvalue weighted by Gasteiger charge is 2.32. The molecule has 1 aliphatic heterocycles. The number of fused-ring (bicyclic) bond motifs is 1. The molecule has 1 atom stereocenters. The Balaban J connectivity index is 1.42. The quantitative estimate of drug-likeness (QED) is 0.500. The molecule has 1 aromatic heterocycles. The van der Waals surface area contributed by atoms with Crippen LogP contribution < -0.4 is 0 Å². The van der Waals surface area contributed by atoms with E-state index in [1.165, 1.54) is 0 Å². The largest absolute Gasteiger partial charge is 0.379 e. The third kappa shape index (κ3) is 3.93. The normalized spacial score (nSPS) is 16.8. The number of nitrogens with zero attached hydrogens (tertiary/aromatic N) is 3. The van der Waals surface area contributed by atoms with Gasteiger partial charge in [-0.1, -0.05) is 48.5 Å². The van der Waals surface area contributed by atoms with Gasteiger partial charge >= 0.3 is 0 Å². The summed E-state index contributed by atoms with van der Waals surface area (Å²) in [6.07, 6.45) is 1.75. The van der Waals surface area contributed by atoms with Crippen LogP contribution >= 0.6 is 0 Å². The van der Waals surface area contributed by atoms with Crippen molar-refractivity contribution in [3.63, 3.8) is 0 Å². The predicted molar refractivity (Wildman–Crippen MR) is 123 cm³/mol. The number of para-hydroxylation sites is 1. The number of halogens is 1. The average Bonchev–Trinajstić information content (AvgIpc) is 3.28. The summed E-state index contributed by atoms with van der Waals surface area (Å²) in [7, 11) is 0. The van der Waals surface area contributed by atoms with E-state index in [1.54, 1.807) is 12.3 Å². The number of rotatable bonds is 6. The fourth-order valence-electron chi connectivity index (χ4n) is 4.29. The standard InChI is InChI=1S/C26H26FN3O2/c27-19-26(31,22-8-6-20(7-9-22)18-29-12-14-32-15-13-29)23-10-11-25-21(16-23)17-28-30(25)24-4-2-1-3-5-24/h1-11,16-17,31H,12-15,18-19H2. The van der Waals surface area contributed by atoms with Crippen molar-refractivity contribution in [2.45, 2.75) is 12.1 Å². The van der Waals surface area contributed by atoms with Crippen LogP contribution in [0.4, 0.5) is 4.39 Å². The number of aliphatic hydroxyl groups is 1. The van der Waals surface area contributed by atoms with Gasteiger partial charge < -0.3 is 9.84 Å². The van der Waals surface area contributed by atoms with E-state index in [2.05, 4.69) is 10.00 Å². The summed E-state index contributed by atoms with van der Waals surface area (Å²) in [6, 6.07) is 22.9. The predicted octanol–water partition coefficient (Wildman–Crippen LogP) is 4.06. The van der Waals surface area contributed by atoms with E-state index in [4.69, 9.17) is 4.74 Å². The van der Waals surface area contributed by atoms with E-state index >= 15 is 0 Å². The van der Waals surface area contributed by atoms with E-state index in [0.29, 0.717) is 11.1 Å². The number of alkyl halides is 1. The molecular weight excluding hydrogens is 405 g/mol. The number of morpholine rings is 1. The molecule has 1 fully saturated rings. The molecule has 0 radical (unpaired) electrons. The van der Waals surface area contributed by atoms with Crippen molar-refractivity contribution in [3.8, 4) is 5.69 Å². The van der Waals surface area contributed by atoms with Gasteiger partial charge in [0.15, 0.2) is 0 Å². The number of ether oxygens (including phenoxy) is 1.